The number of rotatable bonds is 4. The molecule has 2 rings (SSSR count). The Morgan fingerprint density at radius 3 is 2.60 bits per heavy atom. The molecule has 0 aliphatic heterocycles. The van der Waals surface area contributed by atoms with E-state index in [1.807, 2.05) is 0 Å². The van der Waals surface area contributed by atoms with Crippen LogP contribution >= 0.6 is 23.2 Å². The minimum absolute atomic E-state index is 0.102. The van der Waals surface area contributed by atoms with Crippen molar-refractivity contribution in [2.75, 3.05) is 5.73 Å². The molecule has 104 valence electrons. The molecular weight excluding hydrogens is 297 g/mol. The predicted octanol–water partition coefficient (Wildman–Crippen LogP) is 4.36. The zero-order chi connectivity index (χ0) is 14.7. The van der Waals surface area contributed by atoms with Gasteiger partial charge in [0.05, 0.1) is 5.56 Å². The molecule has 0 fully saturated rings. The molecule has 3 nitrogen and oxygen atoms in total. The van der Waals surface area contributed by atoms with Crippen LogP contribution in [-0.4, -0.2) is 5.78 Å². The number of Topliss-reactive ketones (excluding diaryl/α,β-unsaturated/α-hetero) is 1. The Hall–Kier alpha value is -1.71. The van der Waals surface area contributed by atoms with Crippen molar-refractivity contribution >= 4 is 34.7 Å². The maximum absolute atomic E-state index is 11.6. The van der Waals surface area contributed by atoms with Crippen molar-refractivity contribution in [1.82, 2.24) is 0 Å². The van der Waals surface area contributed by atoms with E-state index < -0.39 is 0 Å². The molecule has 0 aromatic heterocycles. The van der Waals surface area contributed by atoms with Crippen LogP contribution in [-0.2, 0) is 6.61 Å². The lowest BCUT2D eigenvalue weighted by Crippen LogP contribution is -2.03. The van der Waals surface area contributed by atoms with Crippen LogP contribution in [0.2, 0.25) is 10.0 Å². The van der Waals surface area contributed by atoms with E-state index in [1.165, 1.54) is 6.92 Å². The lowest BCUT2D eigenvalue weighted by molar-refractivity contribution is 0.101. The number of benzene rings is 2. The Labute approximate surface area is 127 Å². The largest absolute Gasteiger partial charge is 0.488 e. The van der Waals surface area contributed by atoms with Crippen molar-refractivity contribution in [2.45, 2.75) is 13.5 Å². The highest BCUT2D eigenvalue weighted by atomic mass is 35.5. The van der Waals surface area contributed by atoms with E-state index in [0.717, 1.165) is 5.56 Å². The zero-order valence-electron chi connectivity index (χ0n) is 10.8. The topological polar surface area (TPSA) is 52.3 Å². The molecule has 0 atom stereocenters. The summed E-state index contributed by atoms with van der Waals surface area (Å²) in [5.41, 5.74) is 7.44. The van der Waals surface area contributed by atoms with Crippen LogP contribution < -0.4 is 10.5 Å². The van der Waals surface area contributed by atoms with E-state index in [9.17, 15) is 4.79 Å². The second kappa shape index (κ2) is 6.16. The van der Waals surface area contributed by atoms with Gasteiger partial charge in [-0.3, -0.25) is 4.79 Å². The molecule has 2 N–H and O–H groups in total. The summed E-state index contributed by atoms with van der Waals surface area (Å²) >= 11 is 11.9. The summed E-state index contributed by atoms with van der Waals surface area (Å²) in [5, 5.41) is 1.09. The quantitative estimate of drug-likeness (QED) is 0.674. The summed E-state index contributed by atoms with van der Waals surface area (Å²) in [6, 6.07) is 10.1. The molecule has 0 saturated carbocycles. The van der Waals surface area contributed by atoms with Crippen LogP contribution in [0, 0.1) is 0 Å². The van der Waals surface area contributed by atoms with E-state index in [1.54, 1.807) is 36.4 Å². The van der Waals surface area contributed by atoms with Crippen LogP contribution in [0.25, 0.3) is 0 Å². The molecule has 0 spiro atoms. The average molecular weight is 310 g/mol. The Morgan fingerprint density at radius 1 is 1.20 bits per heavy atom. The van der Waals surface area contributed by atoms with Crippen LogP contribution in [0.3, 0.4) is 0 Å². The Kier molecular flexibility index (Phi) is 4.53. The van der Waals surface area contributed by atoms with Crippen molar-refractivity contribution in [3.63, 3.8) is 0 Å². The Bertz CT molecular complexity index is 656. The first kappa shape index (κ1) is 14.7. The fourth-order valence-corrected chi connectivity index (χ4v) is 2.21. The van der Waals surface area contributed by atoms with E-state index in [0.29, 0.717) is 27.0 Å². The molecule has 0 saturated heterocycles. The fourth-order valence-electron chi connectivity index (χ4n) is 1.74. The number of carbonyl (C=O) groups is 1. The first-order valence-corrected chi connectivity index (χ1v) is 6.70. The third-order valence-electron chi connectivity index (χ3n) is 2.78. The highest BCUT2D eigenvalue weighted by Crippen LogP contribution is 2.26. The monoisotopic (exact) mass is 309 g/mol. The summed E-state index contributed by atoms with van der Waals surface area (Å²) in [7, 11) is 0. The first-order valence-electron chi connectivity index (χ1n) is 5.94. The minimum atomic E-state index is -0.102. The Morgan fingerprint density at radius 2 is 1.95 bits per heavy atom. The number of ether oxygens (including phenoxy) is 1. The predicted molar refractivity (Wildman–Crippen MR) is 81.7 cm³/mol. The summed E-state index contributed by atoms with van der Waals surface area (Å²) in [6.45, 7) is 1.72. The number of nitrogens with two attached hydrogens (primary N) is 1. The summed E-state index contributed by atoms with van der Waals surface area (Å²) in [4.78, 5) is 11.6. The normalized spacial score (nSPS) is 10.3. The SMILES string of the molecule is CC(=O)c1cc(N)ccc1OCc1ccc(Cl)cc1Cl. The maximum Gasteiger partial charge on any atom is 0.163 e. The van der Waals surface area contributed by atoms with Crippen molar-refractivity contribution in [2.24, 2.45) is 0 Å². The van der Waals surface area contributed by atoms with Gasteiger partial charge in [0.15, 0.2) is 5.78 Å². The molecule has 5 heteroatoms. The van der Waals surface area contributed by atoms with Gasteiger partial charge < -0.3 is 10.5 Å². The van der Waals surface area contributed by atoms with Gasteiger partial charge in [0.1, 0.15) is 12.4 Å². The van der Waals surface area contributed by atoms with Gasteiger partial charge in [-0.15, -0.1) is 0 Å². The van der Waals surface area contributed by atoms with Gasteiger partial charge in [-0.25, -0.2) is 0 Å². The standard InChI is InChI=1S/C15H13Cl2NO2/c1-9(19)13-7-12(18)4-5-15(13)20-8-10-2-3-11(16)6-14(10)17/h2-7H,8,18H2,1H3. The first-order chi connectivity index (χ1) is 9.47. The van der Waals surface area contributed by atoms with E-state index in [-0.39, 0.29) is 12.4 Å². The molecular formula is C15H13Cl2NO2. The maximum atomic E-state index is 11.6. The van der Waals surface area contributed by atoms with Crippen molar-refractivity contribution in [3.05, 3.63) is 57.6 Å². The number of nitrogen functional groups attached to an aromatic ring is 1. The number of anilines is 1. The van der Waals surface area contributed by atoms with E-state index >= 15 is 0 Å². The highest BCUT2D eigenvalue weighted by Gasteiger charge is 2.10. The molecule has 0 aliphatic rings. The molecule has 0 radical (unpaired) electrons. The van der Waals surface area contributed by atoms with Gasteiger partial charge in [-0.05, 0) is 37.3 Å². The molecule has 0 amide bonds. The number of halogens is 2. The second-order valence-corrected chi connectivity index (χ2v) is 5.18. The number of ketones is 1. The molecule has 0 aliphatic carbocycles. The summed E-state index contributed by atoms with van der Waals surface area (Å²) in [6.07, 6.45) is 0. The van der Waals surface area contributed by atoms with Crippen LogP contribution in [0.5, 0.6) is 5.75 Å². The molecule has 0 bridgehead atoms. The van der Waals surface area contributed by atoms with Crippen LogP contribution in [0.1, 0.15) is 22.8 Å². The van der Waals surface area contributed by atoms with Gasteiger partial charge in [0.2, 0.25) is 0 Å². The van der Waals surface area contributed by atoms with Gasteiger partial charge in [-0.1, -0.05) is 29.3 Å². The van der Waals surface area contributed by atoms with Gasteiger partial charge in [-0.2, -0.15) is 0 Å². The lowest BCUT2D eigenvalue weighted by atomic mass is 10.1. The Balaban J connectivity index is 2.20. The highest BCUT2D eigenvalue weighted by molar-refractivity contribution is 6.35. The summed E-state index contributed by atoms with van der Waals surface area (Å²) in [5.74, 6) is 0.382. The smallest absolute Gasteiger partial charge is 0.163 e. The van der Waals surface area contributed by atoms with Gasteiger partial charge in [0.25, 0.3) is 0 Å². The second-order valence-electron chi connectivity index (χ2n) is 4.34. The summed E-state index contributed by atoms with van der Waals surface area (Å²) < 4.78 is 5.66. The lowest BCUT2D eigenvalue weighted by Gasteiger charge is -2.11. The zero-order valence-corrected chi connectivity index (χ0v) is 12.3. The minimum Gasteiger partial charge on any atom is -0.488 e. The molecule has 20 heavy (non-hydrogen) atoms. The average Bonchev–Trinajstić information content (AvgIpc) is 2.38. The van der Waals surface area contributed by atoms with Crippen molar-refractivity contribution < 1.29 is 9.53 Å². The van der Waals surface area contributed by atoms with Gasteiger partial charge in [0, 0.05) is 21.3 Å². The number of hydrogen-bond donors (Lipinski definition) is 1. The van der Waals surface area contributed by atoms with Crippen LogP contribution in [0.4, 0.5) is 5.69 Å². The molecule has 0 heterocycles. The van der Waals surface area contributed by atoms with E-state index in [2.05, 4.69) is 0 Å². The fraction of sp³-hybridized carbons (Fsp3) is 0.133. The third-order valence-corrected chi connectivity index (χ3v) is 3.37. The number of carbonyl (C=O) groups excluding carboxylic acids is 1. The van der Waals surface area contributed by atoms with Gasteiger partial charge >= 0.3 is 0 Å². The molecule has 2 aromatic rings. The van der Waals surface area contributed by atoms with Crippen molar-refractivity contribution in [3.8, 4) is 5.75 Å². The van der Waals surface area contributed by atoms with Crippen LogP contribution in [0.15, 0.2) is 36.4 Å². The molecule has 2 aromatic carbocycles. The number of hydrogen-bond acceptors (Lipinski definition) is 3. The molecule has 0 unspecified atom stereocenters. The van der Waals surface area contributed by atoms with Crippen molar-refractivity contribution in [1.29, 1.82) is 0 Å². The third kappa shape index (κ3) is 3.44. The van der Waals surface area contributed by atoms with E-state index in [4.69, 9.17) is 33.7 Å².